The van der Waals surface area contributed by atoms with Gasteiger partial charge in [-0.05, 0) is 38.0 Å². The van der Waals surface area contributed by atoms with Crippen LogP contribution in [0, 0.1) is 34.0 Å². The molecule has 0 radical (unpaired) electrons. The Morgan fingerprint density at radius 2 is 1.95 bits per heavy atom. The highest BCUT2D eigenvalue weighted by atomic mass is 16.1. The summed E-state index contributed by atoms with van der Waals surface area (Å²) in [7, 11) is 0. The van der Waals surface area contributed by atoms with E-state index < -0.39 is 0 Å². The molecule has 0 aromatic heterocycles. The molecule has 2 aliphatic rings. The molecule has 0 saturated heterocycles. The quantitative estimate of drug-likeness (QED) is 0.382. The maximum atomic E-state index is 12.2. The first kappa shape index (κ1) is 15.4. The fraction of sp³-hybridized carbons (Fsp3) is 0.737. The van der Waals surface area contributed by atoms with Crippen LogP contribution < -0.4 is 0 Å². The molecule has 1 nitrogen and oxygen atoms in total. The van der Waals surface area contributed by atoms with Crippen molar-refractivity contribution in [1.29, 1.82) is 0 Å². The van der Waals surface area contributed by atoms with E-state index in [2.05, 4.69) is 32.3 Å². The molecular formula is C19H28O. The maximum absolute atomic E-state index is 12.2. The van der Waals surface area contributed by atoms with Crippen LogP contribution in [-0.2, 0) is 4.79 Å². The third-order valence-corrected chi connectivity index (χ3v) is 5.73. The zero-order chi connectivity index (χ0) is 15.2. The van der Waals surface area contributed by atoms with Crippen LogP contribution in [0.15, 0.2) is 12.2 Å². The first-order valence-corrected chi connectivity index (χ1v) is 7.87. The van der Waals surface area contributed by atoms with Crippen LogP contribution in [0.25, 0.3) is 0 Å². The van der Waals surface area contributed by atoms with Gasteiger partial charge in [0, 0.05) is 16.2 Å². The van der Waals surface area contributed by atoms with Crippen molar-refractivity contribution in [2.75, 3.05) is 0 Å². The lowest BCUT2D eigenvalue weighted by molar-refractivity contribution is -0.120. The van der Waals surface area contributed by atoms with E-state index in [4.69, 9.17) is 0 Å². The summed E-state index contributed by atoms with van der Waals surface area (Å²) in [5.74, 6) is 7.17. The van der Waals surface area contributed by atoms with Crippen molar-refractivity contribution in [2.24, 2.45) is 22.2 Å². The topological polar surface area (TPSA) is 17.1 Å². The molecule has 2 rings (SSSR count). The standard InChI is InChI=1S/C19H28O/c1-14(2)18(6)13-15-9-7-8-11-19(15,18)12-10-16(20)17(3,4)5/h15H,1,7-9,11,13H2,2-6H3/t15-,18-,19+/m0/s1. The minimum Gasteiger partial charge on any atom is -0.284 e. The third kappa shape index (κ3) is 2.14. The van der Waals surface area contributed by atoms with E-state index in [0.717, 1.165) is 6.42 Å². The smallest absolute Gasteiger partial charge is 0.210 e. The van der Waals surface area contributed by atoms with E-state index >= 15 is 0 Å². The second-order valence-corrected chi connectivity index (χ2v) is 8.06. The molecule has 0 unspecified atom stereocenters. The van der Waals surface area contributed by atoms with Gasteiger partial charge in [0.15, 0.2) is 0 Å². The van der Waals surface area contributed by atoms with Crippen molar-refractivity contribution < 1.29 is 4.79 Å². The van der Waals surface area contributed by atoms with Crippen LogP contribution in [0.2, 0.25) is 0 Å². The molecule has 0 aromatic rings. The first-order valence-electron chi connectivity index (χ1n) is 7.87. The summed E-state index contributed by atoms with van der Waals surface area (Å²) in [6.45, 7) is 14.5. The monoisotopic (exact) mass is 272 g/mol. The number of fused-ring (bicyclic) bond motifs is 1. The molecule has 2 fully saturated rings. The van der Waals surface area contributed by atoms with Gasteiger partial charge in [0.05, 0.1) is 0 Å². The van der Waals surface area contributed by atoms with Crippen LogP contribution in [0.5, 0.6) is 0 Å². The predicted octanol–water partition coefficient (Wildman–Crippen LogP) is 4.77. The number of rotatable bonds is 1. The Kier molecular flexibility index (Phi) is 3.66. The van der Waals surface area contributed by atoms with E-state index in [-0.39, 0.29) is 22.0 Å². The van der Waals surface area contributed by atoms with Gasteiger partial charge >= 0.3 is 0 Å². The van der Waals surface area contributed by atoms with Gasteiger partial charge in [0.1, 0.15) is 0 Å². The molecule has 0 amide bonds. The SMILES string of the molecule is C=C(C)[C@]1(C)C[C@@H]2CCCC[C@@]21C#CC(=O)C(C)(C)C. The number of allylic oxidation sites excluding steroid dienone is 1. The summed E-state index contributed by atoms with van der Waals surface area (Å²) in [5.41, 5.74) is 0.978. The zero-order valence-electron chi connectivity index (χ0n) is 13.7. The molecule has 0 heterocycles. The molecule has 1 heteroatoms. The highest BCUT2D eigenvalue weighted by Gasteiger charge is 2.62. The Bertz CT molecular complexity index is 496. The first-order chi connectivity index (χ1) is 9.13. The van der Waals surface area contributed by atoms with E-state index in [1.165, 1.54) is 31.3 Å². The summed E-state index contributed by atoms with van der Waals surface area (Å²) < 4.78 is 0. The molecule has 20 heavy (non-hydrogen) atoms. The second-order valence-electron chi connectivity index (χ2n) is 8.06. The van der Waals surface area contributed by atoms with Crippen LogP contribution in [0.4, 0.5) is 0 Å². The highest BCUT2D eigenvalue weighted by molar-refractivity contribution is 5.99. The Hall–Kier alpha value is -1.03. The minimum atomic E-state index is -0.364. The van der Waals surface area contributed by atoms with E-state index in [0.29, 0.717) is 5.92 Å². The van der Waals surface area contributed by atoms with Gasteiger partial charge in [-0.15, -0.1) is 0 Å². The lowest BCUT2D eigenvalue weighted by atomic mass is 9.39. The van der Waals surface area contributed by atoms with Gasteiger partial charge in [-0.25, -0.2) is 0 Å². The number of carbonyl (C=O) groups is 1. The van der Waals surface area contributed by atoms with Crippen LogP contribution >= 0.6 is 0 Å². The summed E-state index contributed by atoms with van der Waals surface area (Å²) >= 11 is 0. The van der Waals surface area contributed by atoms with Gasteiger partial charge in [0.25, 0.3) is 0 Å². The highest BCUT2D eigenvalue weighted by Crippen LogP contribution is 2.68. The summed E-state index contributed by atoms with van der Waals surface area (Å²) in [6.07, 6.45) is 6.14. The van der Waals surface area contributed by atoms with Gasteiger partial charge in [-0.3, -0.25) is 4.79 Å². The van der Waals surface area contributed by atoms with Crippen molar-refractivity contribution in [2.45, 2.75) is 66.7 Å². The van der Waals surface area contributed by atoms with Crippen LogP contribution in [0.3, 0.4) is 0 Å². The predicted molar refractivity (Wildman–Crippen MR) is 84.2 cm³/mol. The molecule has 0 spiro atoms. The average Bonchev–Trinajstić information content (AvgIpc) is 2.34. The summed E-state index contributed by atoms with van der Waals surface area (Å²) in [6, 6.07) is 0. The summed E-state index contributed by atoms with van der Waals surface area (Å²) in [4.78, 5) is 12.2. The fourth-order valence-corrected chi connectivity index (χ4v) is 4.00. The zero-order valence-corrected chi connectivity index (χ0v) is 13.7. The Morgan fingerprint density at radius 3 is 2.45 bits per heavy atom. The minimum absolute atomic E-state index is 0.0119. The summed E-state index contributed by atoms with van der Waals surface area (Å²) in [5, 5.41) is 0. The molecular weight excluding hydrogens is 244 g/mol. The molecule has 0 aliphatic heterocycles. The maximum Gasteiger partial charge on any atom is 0.210 e. The molecule has 0 N–H and O–H groups in total. The normalized spacial score (nSPS) is 36.1. The van der Waals surface area contributed by atoms with Gasteiger partial charge in [0.2, 0.25) is 5.78 Å². The van der Waals surface area contributed by atoms with E-state index in [1.54, 1.807) is 0 Å². The van der Waals surface area contributed by atoms with Crippen molar-refractivity contribution >= 4 is 5.78 Å². The lowest BCUT2D eigenvalue weighted by Gasteiger charge is -2.63. The number of hydrogen-bond donors (Lipinski definition) is 0. The van der Waals surface area contributed by atoms with Crippen molar-refractivity contribution in [1.82, 2.24) is 0 Å². The number of Topliss-reactive ketones (excluding diaryl/α,β-unsaturated/α-hetero) is 1. The van der Waals surface area contributed by atoms with Crippen molar-refractivity contribution in [3.05, 3.63) is 12.2 Å². The lowest BCUT2D eigenvalue weighted by Crippen LogP contribution is -2.58. The van der Waals surface area contributed by atoms with Gasteiger partial charge in [-0.1, -0.05) is 58.6 Å². The molecule has 3 atom stereocenters. The molecule has 2 aliphatic carbocycles. The van der Waals surface area contributed by atoms with Gasteiger partial charge < -0.3 is 0 Å². The van der Waals surface area contributed by atoms with E-state index in [1.807, 2.05) is 20.8 Å². The van der Waals surface area contributed by atoms with Gasteiger partial charge in [-0.2, -0.15) is 0 Å². The van der Waals surface area contributed by atoms with E-state index in [9.17, 15) is 4.79 Å². The molecule has 2 saturated carbocycles. The Labute approximate surface area is 124 Å². The molecule has 0 bridgehead atoms. The molecule has 110 valence electrons. The van der Waals surface area contributed by atoms with Crippen molar-refractivity contribution in [3.63, 3.8) is 0 Å². The second kappa shape index (κ2) is 4.76. The van der Waals surface area contributed by atoms with Crippen LogP contribution in [-0.4, -0.2) is 5.78 Å². The Morgan fingerprint density at radius 1 is 1.30 bits per heavy atom. The van der Waals surface area contributed by atoms with Crippen LogP contribution in [0.1, 0.15) is 66.7 Å². The number of hydrogen-bond acceptors (Lipinski definition) is 1. The van der Waals surface area contributed by atoms with Crippen molar-refractivity contribution in [3.8, 4) is 11.8 Å². The average molecular weight is 272 g/mol. The number of ketones is 1. The number of carbonyl (C=O) groups excluding carboxylic acids is 1. The molecule has 0 aromatic carbocycles. The largest absolute Gasteiger partial charge is 0.284 e. The Balaban J connectivity index is 2.36. The fourth-order valence-electron chi connectivity index (χ4n) is 4.00. The third-order valence-electron chi connectivity index (χ3n) is 5.73.